The molecule has 0 saturated heterocycles. The Morgan fingerprint density at radius 3 is 2.28 bits per heavy atom. The molecule has 140 valence electrons. The van der Waals surface area contributed by atoms with Crippen molar-refractivity contribution >= 4 is 0 Å². The number of aromatic hydroxyl groups is 1. The van der Waals surface area contributed by atoms with E-state index < -0.39 is 6.10 Å². The number of aliphatic hydroxyl groups excluding tert-OH is 1. The number of benzene rings is 1. The van der Waals surface area contributed by atoms with Gasteiger partial charge < -0.3 is 21.3 Å². The number of likely N-dealkylation sites (N-methyl/N-ethyl adjacent to an activating group) is 1. The molecule has 4 aliphatic carbocycles. The van der Waals surface area contributed by atoms with Crippen molar-refractivity contribution in [3.63, 3.8) is 0 Å². The van der Waals surface area contributed by atoms with Crippen LogP contribution in [0.15, 0.2) is 24.3 Å². The van der Waals surface area contributed by atoms with Gasteiger partial charge in [-0.1, -0.05) is 26.0 Å². The van der Waals surface area contributed by atoms with Gasteiger partial charge in [0.1, 0.15) is 5.75 Å². The molecule has 0 aromatic heterocycles. The molecule has 25 heavy (non-hydrogen) atoms. The molecule has 4 nitrogen and oxygen atoms in total. The fourth-order valence-corrected chi connectivity index (χ4v) is 6.58. The zero-order valence-electron chi connectivity index (χ0n) is 15.9. The Morgan fingerprint density at radius 2 is 1.80 bits per heavy atom. The highest BCUT2D eigenvalue weighted by Gasteiger charge is 2.58. The topological polar surface area (TPSA) is 78.5 Å². The van der Waals surface area contributed by atoms with Gasteiger partial charge in [0, 0.05) is 12.1 Å². The average Bonchev–Trinajstić information content (AvgIpc) is 2.43. The summed E-state index contributed by atoms with van der Waals surface area (Å²) in [5, 5.41) is 21.4. The molecular weight excluding hydrogens is 312 g/mol. The molecule has 0 amide bonds. The highest BCUT2D eigenvalue weighted by molar-refractivity contribution is 5.28. The average molecular weight is 347 g/mol. The lowest BCUT2D eigenvalue weighted by Crippen LogP contribution is -2.62. The lowest BCUT2D eigenvalue weighted by Gasteiger charge is -2.64. The molecule has 4 fully saturated rings. The third kappa shape index (κ3) is 4.18. The minimum Gasteiger partial charge on any atom is -0.508 e. The first-order valence-electron chi connectivity index (χ1n) is 9.55. The maximum Gasteiger partial charge on any atom is 0.115 e. The third-order valence-electron chi connectivity index (χ3n) is 6.32. The Kier molecular flexibility index (Phi) is 4.91. The van der Waals surface area contributed by atoms with Gasteiger partial charge in [-0.2, -0.15) is 0 Å². The molecule has 4 heteroatoms. The van der Waals surface area contributed by atoms with E-state index >= 15 is 0 Å². The molecule has 1 aromatic carbocycles. The second-order valence-corrected chi connectivity index (χ2v) is 9.66. The lowest BCUT2D eigenvalue weighted by molar-refractivity contribution is -0.104. The van der Waals surface area contributed by atoms with Crippen LogP contribution in [0.1, 0.15) is 64.0 Å². The zero-order valence-corrected chi connectivity index (χ0v) is 15.9. The summed E-state index contributed by atoms with van der Waals surface area (Å²) in [6, 6.07) is 6.63. The van der Waals surface area contributed by atoms with Crippen LogP contribution in [0.4, 0.5) is 0 Å². The monoisotopic (exact) mass is 346 g/mol. The first-order valence-corrected chi connectivity index (χ1v) is 9.55. The van der Waals surface area contributed by atoms with Gasteiger partial charge >= 0.3 is 0 Å². The molecule has 2 unspecified atom stereocenters. The van der Waals surface area contributed by atoms with Crippen LogP contribution in [0.5, 0.6) is 5.75 Å². The van der Waals surface area contributed by atoms with Crippen LogP contribution in [0.25, 0.3) is 0 Å². The van der Waals surface area contributed by atoms with Crippen molar-refractivity contribution in [3.05, 3.63) is 29.8 Å². The van der Waals surface area contributed by atoms with Crippen LogP contribution in [-0.2, 0) is 0 Å². The minimum absolute atomic E-state index is 0.183. The van der Waals surface area contributed by atoms with E-state index in [-0.39, 0.29) is 11.3 Å². The van der Waals surface area contributed by atoms with E-state index in [2.05, 4.69) is 19.2 Å². The summed E-state index contributed by atoms with van der Waals surface area (Å²) >= 11 is 0. The van der Waals surface area contributed by atoms with Crippen LogP contribution in [-0.4, -0.2) is 29.3 Å². The molecule has 4 aliphatic rings. The number of phenols is 1. The minimum atomic E-state index is -0.554. The van der Waals surface area contributed by atoms with Gasteiger partial charge in [-0.05, 0) is 80.0 Å². The first kappa shape index (κ1) is 18.7. The number of hydrogen-bond donors (Lipinski definition) is 4. The molecule has 0 spiro atoms. The molecule has 4 saturated carbocycles. The van der Waals surface area contributed by atoms with E-state index in [1.54, 1.807) is 31.3 Å². The van der Waals surface area contributed by atoms with E-state index in [1.807, 2.05) is 0 Å². The van der Waals surface area contributed by atoms with Gasteiger partial charge in [0.25, 0.3) is 0 Å². The van der Waals surface area contributed by atoms with Crippen LogP contribution >= 0.6 is 0 Å². The predicted molar refractivity (Wildman–Crippen MR) is 101 cm³/mol. The maximum atomic E-state index is 9.47. The van der Waals surface area contributed by atoms with E-state index in [0.717, 1.165) is 11.5 Å². The number of rotatable bonds is 3. The molecule has 5 N–H and O–H groups in total. The number of nitrogens with one attached hydrogen (secondary N) is 1. The van der Waals surface area contributed by atoms with Gasteiger partial charge in [-0.15, -0.1) is 0 Å². The Bertz CT molecular complexity index is 567. The van der Waals surface area contributed by atoms with E-state index in [0.29, 0.717) is 17.4 Å². The van der Waals surface area contributed by atoms with Gasteiger partial charge in [-0.25, -0.2) is 0 Å². The molecule has 5 rings (SSSR count). The molecule has 0 radical (unpaired) electrons. The second-order valence-electron chi connectivity index (χ2n) is 9.66. The lowest BCUT2D eigenvalue weighted by atomic mass is 9.43. The molecule has 1 aromatic rings. The van der Waals surface area contributed by atoms with Crippen LogP contribution < -0.4 is 11.1 Å². The number of hydrogen-bond acceptors (Lipinski definition) is 4. The Morgan fingerprint density at radius 1 is 1.16 bits per heavy atom. The normalized spacial score (nSPS) is 39.6. The van der Waals surface area contributed by atoms with Crippen molar-refractivity contribution in [1.82, 2.24) is 5.32 Å². The van der Waals surface area contributed by atoms with E-state index in [9.17, 15) is 5.11 Å². The van der Waals surface area contributed by atoms with Crippen molar-refractivity contribution < 1.29 is 10.2 Å². The Hall–Kier alpha value is -1.10. The van der Waals surface area contributed by atoms with Crippen LogP contribution in [0.3, 0.4) is 0 Å². The van der Waals surface area contributed by atoms with Crippen molar-refractivity contribution in [2.24, 2.45) is 22.5 Å². The highest BCUT2D eigenvalue weighted by Crippen LogP contribution is 2.65. The summed E-state index contributed by atoms with van der Waals surface area (Å²) in [6.45, 7) is 5.43. The van der Waals surface area contributed by atoms with Crippen LogP contribution in [0.2, 0.25) is 0 Å². The quantitative estimate of drug-likeness (QED) is 0.677. The summed E-state index contributed by atoms with van der Waals surface area (Å²) in [4.78, 5) is 0. The van der Waals surface area contributed by atoms with Crippen LogP contribution in [0, 0.1) is 16.7 Å². The summed E-state index contributed by atoms with van der Waals surface area (Å²) in [5.74, 6) is 1.14. The highest BCUT2D eigenvalue weighted by atomic mass is 16.3. The third-order valence-corrected chi connectivity index (χ3v) is 6.32. The summed E-state index contributed by atoms with van der Waals surface area (Å²) in [7, 11) is 1.77. The van der Waals surface area contributed by atoms with Gasteiger partial charge in [0.15, 0.2) is 0 Å². The molecule has 0 heterocycles. The standard InChI is InChI=1S/C12H21N.C9H13NO2/c1-10-3-9-4-11(2,6-10)8-12(13,5-9)7-10;1-10-6-9(12)7-3-2-4-8(11)5-7/h9H,3-8,13H2,1-2H3;2-5,9-12H,6H2,1H3/t;9-/m.0/s1. The fourth-order valence-electron chi connectivity index (χ4n) is 6.58. The molecule has 4 bridgehead atoms. The van der Waals surface area contributed by atoms with Gasteiger partial charge in [-0.3, -0.25) is 0 Å². The van der Waals surface area contributed by atoms with Crippen molar-refractivity contribution in [1.29, 1.82) is 0 Å². The Balaban J connectivity index is 0.000000147. The van der Waals surface area contributed by atoms with Gasteiger partial charge in [0.2, 0.25) is 0 Å². The first-order chi connectivity index (χ1) is 11.6. The second kappa shape index (κ2) is 6.57. The largest absolute Gasteiger partial charge is 0.508 e. The van der Waals surface area contributed by atoms with Crippen molar-refractivity contribution in [2.75, 3.05) is 13.6 Å². The number of aliphatic hydroxyl groups is 1. The summed E-state index contributed by atoms with van der Waals surface area (Å²) < 4.78 is 0. The molecular formula is C21H34N2O2. The van der Waals surface area contributed by atoms with Gasteiger partial charge in [0.05, 0.1) is 6.10 Å². The van der Waals surface area contributed by atoms with Crippen molar-refractivity contribution in [3.8, 4) is 5.75 Å². The molecule has 3 atom stereocenters. The summed E-state index contributed by atoms with van der Waals surface area (Å²) in [6.07, 6.45) is 7.72. The van der Waals surface area contributed by atoms with Crippen molar-refractivity contribution in [2.45, 2.75) is 64.0 Å². The van der Waals surface area contributed by atoms with E-state index in [1.165, 1.54) is 38.5 Å². The smallest absolute Gasteiger partial charge is 0.115 e. The van der Waals surface area contributed by atoms with E-state index in [4.69, 9.17) is 10.8 Å². The SMILES string of the molecule is CC12CC3CC(C)(C1)CC(N)(C3)C2.CNC[C@H](O)c1cccc(O)c1. The summed E-state index contributed by atoms with van der Waals surface area (Å²) in [5.41, 5.74) is 8.64. The number of phenolic OH excluding ortho intramolecular Hbond substituents is 1. The Labute approximate surface area is 151 Å². The fraction of sp³-hybridized carbons (Fsp3) is 0.714. The maximum absolute atomic E-state index is 9.47. The predicted octanol–water partition coefficient (Wildman–Crippen LogP) is 3.34. The number of nitrogens with two attached hydrogens (primary N) is 1. The zero-order chi connectivity index (χ0) is 18.3. The molecule has 0 aliphatic heterocycles.